The van der Waals surface area contributed by atoms with Crippen LogP contribution in [0.2, 0.25) is 0 Å². The molecule has 206 valence electrons. The van der Waals surface area contributed by atoms with Crippen molar-refractivity contribution in [2.45, 2.75) is 0 Å². The molecule has 6 aromatic carbocycles. The second-order valence-electron chi connectivity index (χ2n) is 10.8. The maximum absolute atomic E-state index is 6.65. The molecule has 0 fully saturated rings. The van der Waals surface area contributed by atoms with E-state index < -0.39 is 0 Å². The molecular formula is C39H23N3O2. The predicted octanol–water partition coefficient (Wildman–Crippen LogP) is 10.3. The van der Waals surface area contributed by atoms with Crippen LogP contribution in [-0.4, -0.2) is 15.0 Å². The largest absolute Gasteiger partial charge is 0.452 e. The Morgan fingerprint density at radius 2 is 0.841 bits per heavy atom. The van der Waals surface area contributed by atoms with E-state index in [9.17, 15) is 0 Å². The Labute approximate surface area is 252 Å². The highest BCUT2D eigenvalue weighted by Gasteiger charge is 2.19. The zero-order valence-electron chi connectivity index (χ0n) is 23.4. The van der Waals surface area contributed by atoms with Crippen LogP contribution >= 0.6 is 0 Å². The maximum atomic E-state index is 6.65. The third-order valence-corrected chi connectivity index (χ3v) is 8.14. The molecule has 0 unspecified atom stereocenters. The van der Waals surface area contributed by atoms with E-state index in [1.54, 1.807) is 0 Å². The van der Waals surface area contributed by atoms with Gasteiger partial charge in [0.05, 0.1) is 0 Å². The average molecular weight is 566 g/mol. The zero-order chi connectivity index (χ0) is 29.0. The summed E-state index contributed by atoms with van der Waals surface area (Å²) < 4.78 is 12.9. The Balaban J connectivity index is 1.22. The van der Waals surface area contributed by atoms with Gasteiger partial charge in [-0.3, -0.25) is 0 Å². The van der Waals surface area contributed by atoms with E-state index in [4.69, 9.17) is 23.8 Å². The lowest BCUT2D eigenvalue weighted by Crippen LogP contribution is -2.00. The molecule has 9 rings (SSSR count). The molecule has 0 radical (unpaired) electrons. The molecule has 5 nitrogen and oxygen atoms in total. The summed E-state index contributed by atoms with van der Waals surface area (Å²) in [4.78, 5) is 14.7. The molecule has 0 N–H and O–H groups in total. The lowest BCUT2D eigenvalue weighted by atomic mass is 10.00. The molecule has 9 aromatic rings. The first-order valence-electron chi connectivity index (χ1n) is 14.5. The van der Waals surface area contributed by atoms with Gasteiger partial charge in [0.2, 0.25) is 0 Å². The van der Waals surface area contributed by atoms with Crippen LogP contribution in [0.3, 0.4) is 0 Å². The van der Waals surface area contributed by atoms with Gasteiger partial charge in [-0.1, -0.05) is 115 Å². The molecule has 0 aliphatic heterocycles. The van der Waals surface area contributed by atoms with Crippen molar-refractivity contribution < 1.29 is 8.83 Å². The monoisotopic (exact) mass is 565 g/mol. The molecule has 0 saturated heterocycles. The number of furan rings is 2. The number of hydrogen-bond acceptors (Lipinski definition) is 5. The maximum Gasteiger partial charge on any atom is 0.178 e. The van der Waals surface area contributed by atoms with Crippen LogP contribution in [0.1, 0.15) is 0 Å². The molecule has 5 heteroatoms. The molecule has 0 spiro atoms. The van der Waals surface area contributed by atoms with Crippen LogP contribution in [0.4, 0.5) is 0 Å². The second kappa shape index (κ2) is 9.75. The van der Waals surface area contributed by atoms with E-state index in [1.165, 1.54) is 0 Å². The van der Waals surface area contributed by atoms with Crippen molar-refractivity contribution in [2.24, 2.45) is 0 Å². The highest BCUT2D eigenvalue weighted by atomic mass is 16.4. The van der Waals surface area contributed by atoms with Gasteiger partial charge < -0.3 is 8.83 Å². The molecule has 0 amide bonds. The van der Waals surface area contributed by atoms with Crippen molar-refractivity contribution in [1.82, 2.24) is 15.0 Å². The van der Waals surface area contributed by atoms with E-state index >= 15 is 0 Å². The third kappa shape index (κ3) is 3.91. The molecule has 0 atom stereocenters. The molecule has 0 aliphatic rings. The van der Waals surface area contributed by atoms with Gasteiger partial charge in [-0.2, -0.15) is 0 Å². The number of nitrogens with zero attached hydrogens (tertiary/aromatic N) is 3. The van der Waals surface area contributed by atoms with Crippen LogP contribution < -0.4 is 0 Å². The fourth-order valence-corrected chi connectivity index (χ4v) is 6.03. The summed E-state index contributed by atoms with van der Waals surface area (Å²) in [5.74, 6) is 1.88. The van der Waals surface area contributed by atoms with Gasteiger partial charge in [0.15, 0.2) is 28.6 Å². The van der Waals surface area contributed by atoms with Crippen molar-refractivity contribution in [2.75, 3.05) is 0 Å². The first-order chi connectivity index (χ1) is 21.8. The first-order valence-corrected chi connectivity index (χ1v) is 14.5. The number of aromatic nitrogens is 3. The van der Waals surface area contributed by atoms with E-state index in [2.05, 4.69) is 48.5 Å². The van der Waals surface area contributed by atoms with Crippen molar-refractivity contribution in [3.05, 3.63) is 140 Å². The lowest BCUT2D eigenvalue weighted by Gasteiger charge is -2.10. The molecule has 0 bridgehead atoms. The predicted molar refractivity (Wildman–Crippen MR) is 176 cm³/mol. The number of hydrogen-bond donors (Lipinski definition) is 0. The van der Waals surface area contributed by atoms with E-state index in [-0.39, 0.29) is 0 Å². The summed E-state index contributed by atoms with van der Waals surface area (Å²) in [6.45, 7) is 0. The Hall–Kier alpha value is -6.07. The van der Waals surface area contributed by atoms with E-state index in [0.717, 1.165) is 71.7 Å². The van der Waals surface area contributed by atoms with E-state index in [1.807, 2.05) is 91.0 Å². The fraction of sp³-hybridized carbons (Fsp3) is 0. The van der Waals surface area contributed by atoms with Gasteiger partial charge in [0.1, 0.15) is 11.2 Å². The Morgan fingerprint density at radius 1 is 0.341 bits per heavy atom. The highest BCUT2D eigenvalue weighted by Crippen LogP contribution is 2.41. The van der Waals surface area contributed by atoms with Gasteiger partial charge in [0, 0.05) is 43.8 Å². The van der Waals surface area contributed by atoms with Crippen molar-refractivity contribution >= 4 is 43.9 Å². The summed E-state index contributed by atoms with van der Waals surface area (Å²) in [6.07, 6.45) is 0. The number of para-hydroxylation sites is 2. The molecule has 0 saturated carbocycles. The SMILES string of the molecule is c1ccc(-c2nc(-c3ccccc3)nc(-c3cccc(-c4cccc5c4oc4c5ccc5c6ccccc6oc54)c3)n2)cc1. The van der Waals surface area contributed by atoms with Crippen molar-refractivity contribution in [3.8, 4) is 45.3 Å². The van der Waals surface area contributed by atoms with Crippen LogP contribution in [-0.2, 0) is 0 Å². The first kappa shape index (κ1) is 24.5. The van der Waals surface area contributed by atoms with Gasteiger partial charge in [-0.25, -0.2) is 15.0 Å². The molecule has 3 aromatic heterocycles. The smallest absolute Gasteiger partial charge is 0.178 e. The lowest BCUT2D eigenvalue weighted by molar-refractivity contribution is 0.634. The van der Waals surface area contributed by atoms with Gasteiger partial charge in [-0.15, -0.1) is 0 Å². The highest BCUT2D eigenvalue weighted by molar-refractivity contribution is 6.20. The minimum Gasteiger partial charge on any atom is -0.452 e. The van der Waals surface area contributed by atoms with Gasteiger partial charge >= 0.3 is 0 Å². The van der Waals surface area contributed by atoms with Crippen LogP contribution in [0.25, 0.3) is 89.2 Å². The van der Waals surface area contributed by atoms with Gasteiger partial charge in [0.25, 0.3) is 0 Å². The zero-order valence-corrected chi connectivity index (χ0v) is 23.4. The van der Waals surface area contributed by atoms with E-state index in [0.29, 0.717) is 17.5 Å². The van der Waals surface area contributed by atoms with Gasteiger partial charge in [-0.05, 0) is 29.8 Å². The summed E-state index contributed by atoms with van der Waals surface area (Å²) in [5.41, 5.74) is 7.97. The summed E-state index contributed by atoms with van der Waals surface area (Å²) in [5, 5.41) is 4.21. The van der Waals surface area contributed by atoms with Crippen LogP contribution in [0.15, 0.2) is 148 Å². The molecular weight excluding hydrogens is 542 g/mol. The summed E-state index contributed by atoms with van der Waals surface area (Å²) in [6, 6.07) is 47.0. The summed E-state index contributed by atoms with van der Waals surface area (Å²) >= 11 is 0. The second-order valence-corrected chi connectivity index (χ2v) is 10.8. The third-order valence-electron chi connectivity index (χ3n) is 8.14. The Morgan fingerprint density at radius 3 is 1.57 bits per heavy atom. The molecule has 44 heavy (non-hydrogen) atoms. The minimum absolute atomic E-state index is 0.611. The summed E-state index contributed by atoms with van der Waals surface area (Å²) in [7, 11) is 0. The van der Waals surface area contributed by atoms with Crippen molar-refractivity contribution in [1.29, 1.82) is 0 Å². The molecule has 3 heterocycles. The number of benzene rings is 6. The number of rotatable bonds is 4. The fourth-order valence-electron chi connectivity index (χ4n) is 6.03. The normalized spacial score (nSPS) is 11.6. The topological polar surface area (TPSA) is 65.0 Å². The van der Waals surface area contributed by atoms with Crippen molar-refractivity contribution in [3.63, 3.8) is 0 Å². The number of fused-ring (bicyclic) bond motifs is 7. The standard InChI is InChI=1S/C39H23N3O2/c1-3-11-24(12-4-1)37-40-38(25-13-5-2-6-14-25)42-39(41-37)27-16-9-15-26(23-27)28-18-10-19-30-32-22-21-31-29-17-7-8-20-33(29)43-35(31)36(32)44-34(28)30/h1-23H. The Bertz CT molecular complexity index is 2440. The molecule has 0 aliphatic carbocycles. The van der Waals surface area contributed by atoms with Crippen LogP contribution in [0, 0.1) is 0 Å². The minimum atomic E-state index is 0.611. The quantitative estimate of drug-likeness (QED) is 0.212. The Kier molecular flexibility index (Phi) is 5.43. The van der Waals surface area contributed by atoms with Crippen LogP contribution in [0.5, 0.6) is 0 Å². The average Bonchev–Trinajstić information content (AvgIpc) is 3.68.